The highest BCUT2D eigenvalue weighted by Gasteiger charge is 2.31. The Morgan fingerprint density at radius 1 is 1.20 bits per heavy atom. The predicted octanol–water partition coefficient (Wildman–Crippen LogP) is 4.45. The Bertz CT molecular complexity index is 1200. The van der Waals surface area contributed by atoms with Crippen molar-refractivity contribution in [2.45, 2.75) is 25.5 Å². The topological polar surface area (TPSA) is 81.0 Å². The van der Waals surface area contributed by atoms with E-state index in [0.717, 1.165) is 37.2 Å². The lowest BCUT2D eigenvalue weighted by Crippen LogP contribution is -2.27. The van der Waals surface area contributed by atoms with Crippen LogP contribution in [0.1, 0.15) is 24.5 Å². The summed E-state index contributed by atoms with van der Waals surface area (Å²) in [6.45, 7) is 2.13. The van der Waals surface area contributed by atoms with E-state index in [1.165, 1.54) is 6.20 Å². The largest absolute Gasteiger partial charge is 0.511 e. The molecule has 1 saturated heterocycles. The zero-order valence-corrected chi connectivity index (χ0v) is 16.8. The maximum atomic E-state index is 12.9. The lowest BCUT2D eigenvalue weighted by atomic mass is 10.0. The van der Waals surface area contributed by atoms with Gasteiger partial charge in [-0.1, -0.05) is 41.9 Å². The molecule has 30 heavy (non-hydrogen) atoms. The number of carbonyl (C=O) groups is 1. The average molecular weight is 427 g/mol. The van der Waals surface area contributed by atoms with Gasteiger partial charge in [0.25, 0.3) is 0 Å². The van der Waals surface area contributed by atoms with Crippen LogP contribution in [0.4, 0.5) is 10.5 Å². The quantitative estimate of drug-likeness (QED) is 0.623. The van der Waals surface area contributed by atoms with Crippen LogP contribution < -0.4 is 19.8 Å². The molecule has 0 amide bonds. The molecule has 0 saturated carbocycles. The second-order valence-corrected chi connectivity index (χ2v) is 7.89. The molecule has 0 aliphatic carbocycles. The van der Waals surface area contributed by atoms with Crippen LogP contribution in [0.3, 0.4) is 0 Å². The van der Waals surface area contributed by atoms with Gasteiger partial charge in [-0.15, -0.1) is 0 Å². The van der Waals surface area contributed by atoms with Gasteiger partial charge in [-0.3, -0.25) is 4.79 Å². The van der Waals surface area contributed by atoms with E-state index in [4.69, 9.17) is 26.2 Å². The van der Waals surface area contributed by atoms with Crippen molar-refractivity contribution >= 4 is 34.3 Å². The van der Waals surface area contributed by atoms with E-state index in [9.17, 15) is 9.59 Å². The van der Waals surface area contributed by atoms with Crippen molar-refractivity contribution in [3.05, 3.63) is 63.4 Å². The van der Waals surface area contributed by atoms with E-state index >= 15 is 0 Å². The number of halogens is 1. The molecule has 0 unspecified atom stereocenters. The molecule has 0 radical (unpaired) electrons. The maximum absolute atomic E-state index is 12.9. The Hall–Kier alpha value is -3.19. The van der Waals surface area contributed by atoms with E-state index < -0.39 is 11.6 Å². The van der Waals surface area contributed by atoms with Gasteiger partial charge in [0.05, 0.1) is 28.7 Å². The maximum Gasteiger partial charge on any atom is 0.511 e. The van der Waals surface area contributed by atoms with Crippen LogP contribution in [0.15, 0.2) is 47.4 Å². The first kappa shape index (κ1) is 18.8. The number of ether oxygens (including phenoxy) is 2. The lowest BCUT2D eigenvalue weighted by molar-refractivity contribution is 0.143. The first-order valence-corrected chi connectivity index (χ1v) is 10.2. The van der Waals surface area contributed by atoms with Gasteiger partial charge in [0.15, 0.2) is 11.5 Å². The summed E-state index contributed by atoms with van der Waals surface area (Å²) in [4.78, 5) is 26.2. The highest BCUT2D eigenvalue weighted by molar-refractivity contribution is 6.34. The molecule has 2 aliphatic rings. The summed E-state index contributed by atoms with van der Waals surface area (Å²) in [5.41, 5.74) is 1.84. The first-order valence-electron chi connectivity index (χ1n) is 9.80. The van der Waals surface area contributed by atoms with Gasteiger partial charge in [0, 0.05) is 13.1 Å². The molecular weight excluding hydrogens is 408 g/mol. The Morgan fingerprint density at radius 2 is 1.93 bits per heavy atom. The third kappa shape index (κ3) is 3.06. The second kappa shape index (κ2) is 7.25. The smallest absolute Gasteiger partial charge is 0.479 e. The Labute approximate surface area is 177 Å². The molecule has 0 bridgehead atoms. The summed E-state index contributed by atoms with van der Waals surface area (Å²) in [6.07, 6.45) is 1.72. The van der Waals surface area contributed by atoms with Crippen molar-refractivity contribution < 1.29 is 19.4 Å². The minimum absolute atomic E-state index is 0.250. The summed E-state index contributed by atoms with van der Waals surface area (Å²) in [6, 6.07) is 11.4. The molecule has 154 valence electrons. The summed E-state index contributed by atoms with van der Waals surface area (Å²) >= 11 is 6.64. The molecule has 2 aliphatic heterocycles. The Morgan fingerprint density at radius 3 is 2.63 bits per heavy atom. The zero-order valence-electron chi connectivity index (χ0n) is 16.0. The summed E-state index contributed by atoms with van der Waals surface area (Å²) in [5.74, 6) is 0.304. The minimum Gasteiger partial charge on any atom is -0.479 e. The number of carboxylic acid groups (broad SMARTS) is 1. The third-order valence-corrected chi connectivity index (χ3v) is 5.91. The molecule has 1 aromatic heterocycles. The van der Waals surface area contributed by atoms with E-state index in [2.05, 4.69) is 4.90 Å². The highest BCUT2D eigenvalue weighted by atomic mass is 35.5. The summed E-state index contributed by atoms with van der Waals surface area (Å²) in [7, 11) is 0. The minimum atomic E-state index is -1.54. The van der Waals surface area contributed by atoms with Crippen LogP contribution >= 0.6 is 11.6 Å². The first-order chi connectivity index (χ1) is 14.5. The third-order valence-electron chi connectivity index (χ3n) is 5.62. The normalized spacial score (nSPS) is 17.8. The van der Waals surface area contributed by atoms with Gasteiger partial charge in [0.1, 0.15) is 11.8 Å². The molecule has 2 aromatic carbocycles. The van der Waals surface area contributed by atoms with Crippen molar-refractivity contribution in [1.82, 2.24) is 4.57 Å². The predicted molar refractivity (Wildman–Crippen MR) is 113 cm³/mol. The molecule has 1 fully saturated rings. The molecular formula is C22H19ClN2O5. The molecule has 1 N–H and O–H groups in total. The van der Waals surface area contributed by atoms with E-state index in [1.807, 2.05) is 34.9 Å². The van der Waals surface area contributed by atoms with Crippen LogP contribution in [-0.4, -0.2) is 28.9 Å². The molecule has 8 heteroatoms. The van der Waals surface area contributed by atoms with Crippen LogP contribution in [0, 0.1) is 0 Å². The van der Waals surface area contributed by atoms with Crippen molar-refractivity contribution in [3.8, 4) is 11.5 Å². The van der Waals surface area contributed by atoms with Crippen molar-refractivity contribution in [2.24, 2.45) is 0 Å². The molecule has 3 heterocycles. The van der Waals surface area contributed by atoms with Crippen LogP contribution in [-0.2, 0) is 6.54 Å². The number of nitrogens with zero attached hydrogens (tertiary/aromatic N) is 2. The Balaban J connectivity index is 1.76. The van der Waals surface area contributed by atoms with Gasteiger partial charge >= 0.3 is 6.16 Å². The SMILES string of the molecule is O=C(O)Oc1cn2c3c(c(N4CCCC4)c(Cl)cc3c1=O)O[C@@H](c1ccccc1)C2. The fourth-order valence-corrected chi connectivity index (χ4v) is 4.63. The fraction of sp³-hybridized carbons (Fsp3) is 0.273. The van der Waals surface area contributed by atoms with Crippen LogP contribution in [0.5, 0.6) is 11.5 Å². The molecule has 0 spiro atoms. The van der Waals surface area contributed by atoms with Gasteiger partial charge in [0.2, 0.25) is 5.43 Å². The standard InChI is InChI=1S/C22H19ClN2O5/c23-15-10-14-18-21(19(15)24-8-4-5-9-24)29-16(13-6-2-1-3-7-13)11-25(18)12-17(20(14)26)30-22(27)28/h1-3,6-7,10,12,16H,4-5,8-9,11H2,(H,27,28)/t16-/m1/s1. The number of hydrogen-bond acceptors (Lipinski definition) is 5. The number of hydrogen-bond donors (Lipinski definition) is 1. The summed E-state index contributed by atoms with van der Waals surface area (Å²) < 4.78 is 13.0. The fourth-order valence-electron chi connectivity index (χ4n) is 4.32. The second-order valence-electron chi connectivity index (χ2n) is 7.49. The van der Waals surface area contributed by atoms with Crippen molar-refractivity contribution in [1.29, 1.82) is 0 Å². The molecule has 3 aromatic rings. The number of aromatic nitrogens is 1. The average Bonchev–Trinajstić information content (AvgIpc) is 3.25. The number of rotatable bonds is 3. The van der Waals surface area contributed by atoms with E-state index in [-0.39, 0.29) is 17.2 Å². The van der Waals surface area contributed by atoms with E-state index in [1.54, 1.807) is 6.07 Å². The molecule has 5 rings (SSSR count). The molecule has 7 nitrogen and oxygen atoms in total. The molecule has 1 atom stereocenters. The van der Waals surface area contributed by atoms with Gasteiger partial charge in [-0.25, -0.2) is 4.79 Å². The lowest BCUT2D eigenvalue weighted by Gasteiger charge is -2.33. The van der Waals surface area contributed by atoms with Crippen LogP contribution in [0.25, 0.3) is 10.9 Å². The van der Waals surface area contributed by atoms with Crippen LogP contribution in [0.2, 0.25) is 5.02 Å². The van der Waals surface area contributed by atoms with Gasteiger partial charge < -0.3 is 24.0 Å². The number of benzene rings is 2. The van der Waals surface area contributed by atoms with Crippen molar-refractivity contribution in [2.75, 3.05) is 18.0 Å². The number of anilines is 1. The monoisotopic (exact) mass is 426 g/mol. The summed E-state index contributed by atoms with van der Waals surface area (Å²) in [5, 5.41) is 9.73. The van der Waals surface area contributed by atoms with Gasteiger partial charge in [-0.2, -0.15) is 0 Å². The highest BCUT2D eigenvalue weighted by Crippen LogP contribution is 2.47. The Kier molecular flexibility index (Phi) is 4.55. The zero-order chi connectivity index (χ0) is 20.8. The van der Waals surface area contributed by atoms with E-state index in [0.29, 0.717) is 22.8 Å². The number of pyridine rings is 1. The van der Waals surface area contributed by atoms with Gasteiger partial charge in [-0.05, 0) is 24.5 Å². The van der Waals surface area contributed by atoms with Crippen molar-refractivity contribution in [3.63, 3.8) is 0 Å².